The van der Waals surface area contributed by atoms with Crippen LogP contribution in [0.2, 0.25) is 0 Å². The standard InChI is InChI=1S/C17H19NO5S/c1-11(2)18-24(21,22)16-9-13(7-14(10-16)17(19)20)12-5-4-6-15(8-12)23-3/h4-11,18H,1-3H3,(H,19,20). The van der Waals surface area contributed by atoms with E-state index in [1.807, 2.05) is 0 Å². The highest BCUT2D eigenvalue weighted by Crippen LogP contribution is 2.27. The van der Waals surface area contributed by atoms with Crippen molar-refractivity contribution in [3.05, 3.63) is 48.0 Å². The largest absolute Gasteiger partial charge is 0.497 e. The van der Waals surface area contributed by atoms with Gasteiger partial charge in [0, 0.05) is 6.04 Å². The van der Waals surface area contributed by atoms with E-state index in [-0.39, 0.29) is 16.5 Å². The predicted octanol–water partition coefficient (Wildman–Crippen LogP) is 2.75. The minimum atomic E-state index is -3.81. The van der Waals surface area contributed by atoms with Crippen LogP contribution in [-0.4, -0.2) is 32.6 Å². The Kier molecular flexibility index (Phi) is 5.26. The monoisotopic (exact) mass is 349 g/mol. The predicted molar refractivity (Wildman–Crippen MR) is 90.8 cm³/mol. The molecule has 128 valence electrons. The van der Waals surface area contributed by atoms with Gasteiger partial charge in [-0.15, -0.1) is 0 Å². The number of aromatic carboxylic acids is 1. The van der Waals surface area contributed by atoms with Crippen LogP contribution in [-0.2, 0) is 10.0 Å². The van der Waals surface area contributed by atoms with Crippen molar-refractivity contribution >= 4 is 16.0 Å². The molecule has 2 rings (SSSR count). The summed E-state index contributed by atoms with van der Waals surface area (Å²) in [6, 6.07) is 10.7. The summed E-state index contributed by atoms with van der Waals surface area (Å²) in [5, 5.41) is 9.29. The number of hydrogen-bond donors (Lipinski definition) is 2. The maximum Gasteiger partial charge on any atom is 0.335 e. The van der Waals surface area contributed by atoms with Gasteiger partial charge in [0.1, 0.15) is 5.75 Å². The van der Waals surface area contributed by atoms with Crippen molar-refractivity contribution in [1.82, 2.24) is 4.72 Å². The van der Waals surface area contributed by atoms with E-state index >= 15 is 0 Å². The Morgan fingerprint density at radius 3 is 2.42 bits per heavy atom. The van der Waals surface area contributed by atoms with Crippen LogP contribution < -0.4 is 9.46 Å². The molecular formula is C17H19NO5S. The molecule has 0 aliphatic rings. The Morgan fingerprint density at radius 2 is 1.83 bits per heavy atom. The molecule has 2 N–H and O–H groups in total. The number of carboxylic acids is 1. The first kappa shape index (κ1) is 18.0. The van der Waals surface area contributed by atoms with Gasteiger partial charge in [-0.1, -0.05) is 12.1 Å². The van der Waals surface area contributed by atoms with Crippen molar-refractivity contribution in [3.63, 3.8) is 0 Å². The van der Waals surface area contributed by atoms with Crippen LogP contribution in [0.1, 0.15) is 24.2 Å². The Morgan fingerprint density at radius 1 is 1.12 bits per heavy atom. The smallest absolute Gasteiger partial charge is 0.335 e. The van der Waals surface area contributed by atoms with Gasteiger partial charge in [-0.2, -0.15) is 0 Å². The maximum absolute atomic E-state index is 12.4. The molecule has 2 aromatic rings. The topological polar surface area (TPSA) is 92.7 Å². The van der Waals surface area contributed by atoms with Gasteiger partial charge >= 0.3 is 5.97 Å². The number of carbonyl (C=O) groups is 1. The number of benzene rings is 2. The lowest BCUT2D eigenvalue weighted by atomic mass is 10.0. The summed E-state index contributed by atoms with van der Waals surface area (Å²) in [5.41, 5.74) is 1.05. The van der Waals surface area contributed by atoms with Crippen molar-refractivity contribution in [2.24, 2.45) is 0 Å². The quantitative estimate of drug-likeness (QED) is 0.836. The first-order valence-corrected chi connectivity index (χ1v) is 8.76. The van der Waals surface area contributed by atoms with Crippen LogP contribution in [0.3, 0.4) is 0 Å². The second-order valence-electron chi connectivity index (χ2n) is 5.56. The van der Waals surface area contributed by atoms with Crippen LogP contribution in [0.5, 0.6) is 5.75 Å². The third-order valence-electron chi connectivity index (χ3n) is 3.26. The maximum atomic E-state index is 12.4. The third kappa shape index (κ3) is 4.12. The molecule has 0 heterocycles. The molecule has 0 radical (unpaired) electrons. The molecule has 0 spiro atoms. The highest BCUT2D eigenvalue weighted by Gasteiger charge is 2.19. The number of hydrogen-bond acceptors (Lipinski definition) is 4. The van der Waals surface area contributed by atoms with E-state index in [1.165, 1.54) is 19.2 Å². The van der Waals surface area contributed by atoms with Crippen LogP contribution >= 0.6 is 0 Å². The van der Waals surface area contributed by atoms with E-state index in [1.54, 1.807) is 38.1 Å². The number of methoxy groups -OCH3 is 1. The zero-order chi connectivity index (χ0) is 17.9. The molecule has 0 fully saturated rings. The fraction of sp³-hybridized carbons (Fsp3) is 0.235. The van der Waals surface area contributed by atoms with Gasteiger partial charge in [-0.3, -0.25) is 0 Å². The van der Waals surface area contributed by atoms with Crippen molar-refractivity contribution in [3.8, 4) is 16.9 Å². The third-order valence-corrected chi connectivity index (χ3v) is 4.90. The Balaban J connectivity index is 2.62. The van der Waals surface area contributed by atoms with Crippen molar-refractivity contribution in [1.29, 1.82) is 0 Å². The van der Waals surface area contributed by atoms with Gasteiger partial charge in [-0.05, 0) is 55.3 Å². The number of nitrogens with one attached hydrogen (secondary N) is 1. The zero-order valence-electron chi connectivity index (χ0n) is 13.6. The number of sulfonamides is 1. The lowest BCUT2D eigenvalue weighted by Gasteiger charge is -2.12. The summed E-state index contributed by atoms with van der Waals surface area (Å²) in [6.45, 7) is 3.39. The van der Waals surface area contributed by atoms with Crippen LogP contribution in [0.4, 0.5) is 0 Å². The molecule has 0 saturated heterocycles. The summed E-state index contributed by atoms with van der Waals surface area (Å²) in [7, 11) is -2.28. The van der Waals surface area contributed by atoms with Crippen LogP contribution in [0.15, 0.2) is 47.4 Å². The second kappa shape index (κ2) is 7.02. The molecule has 0 saturated carbocycles. The second-order valence-corrected chi connectivity index (χ2v) is 7.27. The fourth-order valence-corrected chi connectivity index (χ4v) is 3.55. The summed E-state index contributed by atoms with van der Waals surface area (Å²) in [4.78, 5) is 11.3. The average molecular weight is 349 g/mol. The zero-order valence-corrected chi connectivity index (χ0v) is 14.4. The van der Waals surface area contributed by atoms with Gasteiger partial charge in [0.2, 0.25) is 10.0 Å². The molecule has 0 aromatic heterocycles. The summed E-state index contributed by atoms with van der Waals surface area (Å²) in [6.07, 6.45) is 0. The van der Waals surface area contributed by atoms with Gasteiger partial charge in [0.25, 0.3) is 0 Å². The van der Waals surface area contributed by atoms with Crippen molar-refractivity contribution in [2.45, 2.75) is 24.8 Å². The number of rotatable bonds is 6. The van der Waals surface area contributed by atoms with Crippen molar-refractivity contribution < 1.29 is 23.1 Å². The van der Waals surface area contributed by atoms with Gasteiger partial charge < -0.3 is 9.84 Å². The summed E-state index contributed by atoms with van der Waals surface area (Å²) in [5.74, 6) is -0.598. The molecule has 24 heavy (non-hydrogen) atoms. The molecule has 0 aliphatic heterocycles. The Labute approximate surface area is 141 Å². The fourth-order valence-electron chi connectivity index (χ4n) is 2.23. The highest BCUT2D eigenvalue weighted by atomic mass is 32.2. The SMILES string of the molecule is COc1cccc(-c2cc(C(=O)O)cc(S(=O)(=O)NC(C)C)c2)c1. The molecule has 0 atom stereocenters. The molecule has 0 aliphatic carbocycles. The van der Waals surface area contributed by atoms with Gasteiger partial charge in [0.05, 0.1) is 17.6 Å². The van der Waals surface area contributed by atoms with Crippen LogP contribution in [0, 0.1) is 0 Å². The summed E-state index contributed by atoms with van der Waals surface area (Å²) >= 11 is 0. The Bertz CT molecular complexity index is 859. The molecule has 0 amide bonds. The van der Waals surface area contributed by atoms with E-state index in [0.717, 1.165) is 6.07 Å². The van der Waals surface area contributed by atoms with E-state index in [9.17, 15) is 18.3 Å². The minimum absolute atomic E-state index is 0.0890. The highest BCUT2D eigenvalue weighted by molar-refractivity contribution is 7.89. The van der Waals surface area contributed by atoms with Crippen molar-refractivity contribution in [2.75, 3.05) is 7.11 Å². The molecule has 7 heteroatoms. The van der Waals surface area contributed by atoms with E-state index in [4.69, 9.17) is 4.74 Å². The van der Waals surface area contributed by atoms with Gasteiger partial charge in [-0.25, -0.2) is 17.9 Å². The van der Waals surface area contributed by atoms with E-state index < -0.39 is 16.0 Å². The lowest BCUT2D eigenvalue weighted by molar-refractivity contribution is 0.0696. The summed E-state index contributed by atoms with van der Waals surface area (Å²) < 4.78 is 32.4. The molecule has 2 aromatic carbocycles. The molecule has 6 nitrogen and oxygen atoms in total. The van der Waals surface area contributed by atoms with Crippen LogP contribution in [0.25, 0.3) is 11.1 Å². The molecule has 0 bridgehead atoms. The number of ether oxygens (including phenoxy) is 1. The molecular weight excluding hydrogens is 330 g/mol. The first-order chi connectivity index (χ1) is 11.2. The van der Waals surface area contributed by atoms with Gasteiger partial charge in [0.15, 0.2) is 0 Å². The lowest BCUT2D eigenvalue weighted by Crippen LogP contribution is -2.30. The molecule has 0 unspecified atom stereocenters. The van der Waals surface area contributed by atoms with E-state index in [0.29, 0.717) is 16.9 Å². The number of carboxylic acid groups (broad SMARTS) is 1. The minimum Gasteiger partial charge on any atom is -0.497 e. The Hall–Kier alpha value is -2.38. The first-order valence-electron chi connectivity index (χ1n) is 7.28. The average Bonchev–Trinajstić information content (AvgIpc) is 2.53. The normalized spacial score (nSPS) is 11.5. The van der Waals surface area contributed by atoms with E-state index in [2.05, 4.69) is 4.72 Å².